The average Bonchev–Trinajstić information content (AvgIpc) is 3.28. The molecule has 4 rings (SSSR count). The molecule has 2 saturated heterocycles. The highest BCUT2D eigenvalue weighted by Gasteiger charge is 2.44. The third kappa shape index (κ3) is 3.92. The maximum atomic E-state index is 12.7. The molecule has 0 radical (unpaired) electrons. The highest BCUT2D eigenvalue weighted by molar-refractivity contribution is 5.82. The van der Waals surface area contributed by atoms with E-state index in [1.807, 2.05) is 0 Å². The average molecular weight is 366 g/mol. The molecule has 0 aromatic rings. The Morgan fingerprint density at radius 1 is 1.12 bits per heavy atom. The lowest BCUT2D eigenvalue weighted by atomic mass is 9.73. The molecule has 2 saturated carbocycles. The van der Waals surface area contributed by atoms with Gasteiger partial charge in [0, 0.05) is 18.8 Å². The number of carbonyl (C=O) groups excluding carboxylic acids is 1. The summed E-state index contributed by atoms with van der Waals surface area (Å²) in [6.45, 7) is 5.01. The number of hydroxylamine groups is 1. The number of fused-ring (bicyclic) bond motifs is 1. The van der Waals surface area contributed by atoms with Gasteiger partial charge in [-0.05, 0) is 69.6 Å². The molecule has 5 N–H and O–H groups in total. The molecule has 4 fully saturated rings. The number of amides is 1. The zero-order chi connectivity index (χ0) is 18.1. The molecule has 2 heterocycles. The molecule has 0 spiro atoms. The predicted molar refractivity (Wildman–Crippen MR) is 99.7 cm³/mol. The normalized spacial score (nSPS) is 46.1. The molecule has 4 aliphatic rings. The largest absolute Gasteiger partial charge is 0.352 e. The highest BCUT2D eigenvalue weighted by atomic mass is 16.7. The van der Waals surface area contributed by atoms with Gasteiger partial charge in [-0.3, -0.25) is 20.3 Å². The Balaban J connectivity index is 1.28. The van der Waals surface area contributed by atoms with Crippen LogP contribution in [0.15, 0.2) is 0 Å². The molecular weight excluding hydrogens is 330 g/mol. The summed E-state index contributed by atoms with van der Waals surface area (Å²) in [5, 5.41) is 13.6. The first-order chi connectivity index (χ1) is 12.6. The van der Waals surface area contributed by atoms with E-state index in [0.717, 1.165) is 31.8 Å². The van der Waals surface area contributed by atoms with Crippen LogP contribution in [0.25, 0.3) is 0 Å². The van der Waals surface area contributed by atoms with E-state index in [4.69, 9.17) is 4.84 Å². The quantitative estimate of drug-likeness (QED) is 0.506. The van der Waals surface area contributed by atoms with Crippen LogP contribution in [0.4, 0.5) is 0 Å². The van der Waals surface area contributed by atoms with Crippen molar-refractivity contribution in [3.8, 4) is 0 Å². The fourth-order valence-corrected chi connectivity index (χ4v) is 5.49. The molecule has 7 nitrogen and oxygen atoms in total. The first-order valence-corrected chi connectivity index (χ1v) is 10.6. The summed E-state index contributed by atoms with van der Waals surface area (Å²) in [7, 11) is 0. The van der Waals surface area contributed by atoms with E-state index < -0.39 is 0 Å². The van der Waals surface area contributed by atoms with E-state index in [9.17, 15) is 4.79 Å². The fraction of sp³-hybridized carbons (Fsp3) is 0.947. The van der Waals surface area contributed by atoms with Crippen LogP contribution in [-0.4, -0.2) is 43.1 Å². The highest BCUT2D eigenvalue weighted by Crippen LogP contribution is 2.45. The van der Waals surface area contributed by atoms with Gasteiger partial charge in [-0.2, -0.15) is 5.48 Å². The van der Waals surface area contributed by atoms with Crippen molar-refractivity contribution in [2.24, 2.45) is 17.8 Å². The van der Waals surface area contributed by atoms with Gasteiger partial charge in [0.15, 0.2) is 0 Å². The zero-order valence-electron chi connectivity index (χ0n) is 16.1. The van der Waals surface area contributed by atoms with Crippen LogP contribution in [-0.2, 0) is 9.63 Å². The molecule has 0 bridgehead atoms. The summed E-state index contributed by atoms with van der Waals surface area (Å²) in [5.41, 5.74) is 3.20. The van der Waals surface area contributed by atoms with E-state index in [0.29, 0.717) is 23.9 Å². The number of hydrogen-bond donors (Lipinski definition) is 5. The maximum absolute atomic E-state index is 12.7. The molecular formula is C19H35N5O2. The van der Waals surface area contributed by atoms with Crippen molar-refractivity contribution >= 4 is 5.91 Å². The summed E-state index contributed by atoms with van der Waals surface area (Å²) < 4.78 is 0. The summed E-state index contributed by atoms with van der Waals surface area (Å²) in [5.74, 6) is 2.22. The second-order valence-corrected chi connectivity index (χ2v) is 8.74. The van der Waals surface area contributed by atoms with Gasteiger partial charge in [0.25, 0.3) is 0 Å². The van der Waals surface area contributed by atoms with Crippen LogP contribution in [0.1, 0.15) is 58.8 Å². The van der Waals surface area contributed by atoms with Crippen molar-refractivity contribution in [1.29, 1.82) is 0 Å². The van der Waals surface area contributed by atoms with Gasteiger partial charge < -0.3 is 10.6 Å². The van der Waals surface area contributed by atoms with E-state index in [-0.39, 0.29) is 24.3 Å². The topological polar surface area (TPSA) is 86.5 Å². The molecule has 0 aromatic carbocycles. The van der Waals surface area contributed by atoms with Crippen molar-refractivity contribution < 1.29 is 9.63 Å². The fourth-order valence-electron chi connectivity index (χ4n) is 5.49. The van der Waals surface area contributed by atoms with E-state index in [1.54, 1.807) is 0 Å². The lowest BCUT2D eigenvalue weighted by Gasteiger charge is -2.37. The molecule has 0 aromatic heterocycles. The number of rotatable bonds is 4. The lowest BCUT2D eigenvalue weighted by molar-refractivity contribution is -0.125. The standard InChI is InChI=1S/C19H35N5O2/c1-3-17-23-18(24-26-17)13-4-6-14-12(9-13)5-7-15(14)22-19(25)16-8-11(2)20-10-21-16/h11-18,20-21,23-24H,3-10H2,1-2H3,(H,22,25)/t11?,12?,13?,14?,15-,16?,17?,18?/m1/s1. The van der Waals surface area contributed by atoms with Gasteiger partial charge in [-0.25, -0.2) is 0 Å². The SMILES string of the molecule is CCC1NC(C2CCC3C(CC[C@H]3NC(=O)C3CC(C)NCN3)C2)NO1. The van der Waals surface area contributed by atoms with E-state index >= 15 is 0 Å². The molecule has 26 heavy (non-hydrogen) atoms. The first-order valence-electron chi connectivity index (χ1n) is 10.6. The third-order valence-corrected chi connectivity index (χ3v) is 7.02. The Kier molecular flexibility index (Phi) is 5.81. The minimum atomic E-state index is -0.0448. The summed E-state index contributed by atoms with van der Waals surface area (Å²) >= 11 is 0. The number of carbonyl (C=O) groups is 1. The zero-order valence-corrected chi connectivity index (χ0v) is 16.1. The van der Waals surface area contributed by atoms with Gasteiger partial charge in [0.1, 0.15) is 6.23 Å². The van der Waals surface area contributed by atoms with Gasteiger partial charge in [0.05, 0.1) is 12.2 Å². The van der Waals surface area contributed by atoms with Gasteiger partial charge in [-0.1, -0.05) is 6.92 Å². The Morgan fingerprint density at radius 2 is 1.96 bits per heavy atom. The monoisotopic (exact) mass is 365 g/mol. The molecule has 7 heteroatoms. The smallest absolute Gasteiger partial charge is 0.237 e. The van der Waals surface area contributed by atoms with Crippen molar-refractivity contribution in [1.82, 2.24) is 26.7 Å². The van der Waals surface area contributed by atoms with Crippen LogP contribution >= 0.6 is 0 Å². The van der Waals surface area contributed by atoms with Gasteiger partial charge >= 0.3 is 0 Å². The minimum Gasteiger partial charge on any atom is -0.352 e. The molecule has 2 aliphatic carbocycles. The van der Waals surface area contributed by atoms with Crippen molar-refractivity contribution in [2.45, 2.75) is 89.3 Å². The third-order valence-electron chi connectivity index (χ3n) is 7.02. The summed E-state index contributed by atoms with van der Waals surface area (Å²) in [6.07, 6.45) is 8.33. The molecule has 1 amide bonds. The van der Waals surface area contributed by atoms with Crippen molar-refractivity contribution in [2.75, 3.05) is 6.67 Å². The second-order valence-electron chi connectivity index (χ2n) is 8.74. The minimum absolute atomic E-state index is 0.0448. The van der Waals surface area contributed by atoms with Crippen LogP contribution in [0.5, 0.6) is 0 Å². The summed E-state index contributed by atoms with van der Waals surface area (Å²) in [4.78, 5) is 18.3. The van der Waals surface area contributed by atoms with Crippen LogP contribution < -0.4 is 26.7 Å². The molecule has 7 unspecified atom stereocenters. The number of hydrogen-bond acceptors (Lipinski definition) is 6. The molecule has 148 valence electrons. The van der Waals surface area contributed by atoms with Gasteiger partial charge in [-0.15, -0.1) is 0 Å². The van der Waals surface area contributed by atoms with Crippen molar-refractivity contribution in [3.63, 3.8) is 0 Å². The predicted octanol–water partition coefficient (Wildman–Crippen LogP) is 0.782. The van der Waals surface area contributed by atoms with Crippen LogP contribution in [0.2, 0.25) is 0 Å². The van der Waals surface area contributed by atoms with E-state index in [2.05, 4.69) is 40.6 Å². The molecule has 2 aliphatic heterocycles. The Hall–Kier alpha value is -0.730. The summed E-state index contributed by atoms with van der Waals surface area (Å²) in [6, 6.07) is 0.723. The van der Waals surface area contributed by atoms with Crippen LogP contribution in [0.3, 0.4) is 0 Å². The van der Waals surface area contributed by atoms with Gasteiger partial charge in [0.2, 0.25) is 5.91 Å². The second kappa shape index (κ2) is 8.10. The van der Waals surface area contributed by atoms with Crippen molar-refractivity contribution in [3.05, 3.63) is 0 Å². The molecule has 8 atom stereocenters. The number of nitrogens with one attached hydrogen (secondary N) is 5. The Labute approximate surface area is 156 Å². The lowest BCUT2D eigenvalue weighted by Crippen LogP contribution is -2.57. The first kappa shape index (κ1) is 18.6. The van der Waals surface area contributed by atoms with Crippen LogP contribution in [0, 0.1) is 17.8 Å². The Morgan fingerprint density at radius 3 is 2.73 bits per heavy atom. The Bertz CT molecular complexity index is 504. The van der Waals surface area contributed by atoms with E-state index in [1.165, 1.54) is 25.7 Å². The maximum Gasteiger partial charge on any atom is 0.237 e.